The molecule has 0 fully saturated rings. The number of hydrogen-bond acceptors (Lipinski definition) is 4. The van der Waals surface area contributed by atoms with Crippen molar-refractivity contribution in [3.05, 3.63) is 44.5 Å². The second-order valence-electron chi connectivity index (χ2n) is 3.07. The topological polar surface area (TPSA) is 73.1 Å². The van der Waals surface area contributed by atoms with E-state index in [1.165, 1.54) is 18.2 Å². The minimum atomic E-state index is -0.475. The Morgan fingerprint density at radius 2 is 2.06 bits per heavy atom. The van der Waals surface area contributed by atoms with Gasteiger partial charge in [0, 0.05) is 10.5 Å². The summed E-state index contributed by atoms with van der Waals surface area (Å²) < 4.78 is 0.622. The summed E-state index contributed by atoms with van der Waals surface area (Å²) in [7, 11) is 0. The van der Waals surface area contributed by atoms with Gasteiger partial charge in [0.05, 0.1) is 15.8 Å². The van der Waals surface area contributed by atoms with Crippen LogP contribution in [0, 0.1) is 10.1 Å². The normalized spacial score (nSPS) is 10.3. The summed E-state index contributed by atoms with van der Waals surface area (Å²) in [5.41, 5.74) is 0.635. The summed E-state index contributed by atoms with van der Waals surface area (Å²) in [4.78, 5) is 24.9. The van der Waals surface area contributed by atoms with Crippen LogP contribution in [0.1, 0.15) is 10.5 Å². The molecule has 5 nitrogen and oxygen atoms in total. The van der Waals surface area contributed by atoms with Gasteiger partial charge in [-0.15, -0.1) is 0 Å². The minimum Gasteiger partial charge on any atom is -0.296 e. The molecule has 0 N–H and O–H groups in total. The van der Waals surface area contributed by atoms with Crippen molar-refractivity contribution in [3.63, 3.8) is 0 Å². The lowest BCUT2D eigenvalue weighted by molar-refractivity contribution is -0.383. The first-order valence-corrected chi connectivity index (χ1v) is 5.11. The maximum Gasteiger partial charge on any atom is 0.278 e. The lowest BCUT2D eigenvalue weighted by Gasteiger charge is -2.01. The van der Waals surface area contributed by atoms with Crippen LogP contribution in [0.15, 0.2) is 28.7 Å². The third-order valence-corrected chi connectivity index (χ3v) is 2.76. The van der Waals surface area contributed by atoms with Crippen LogP contribution in [0.3, 0.4) is 0 Å². The number of halogens is 1. The predicted molar refractivity (Wildman–Crippen MR) is 61.5 cm³/mol. The van der Waals surface area contributed by atoms with Gasteiger partial charge in [-0.2, -0.15) is 0 Å². The second kappa shape index (κ2) is 3.97. The number of aromatic nitrogens is 1. The highest BCUT2D eigenvalue weighted by molar-refractivity contribution is 9.10. The van der Waals surface area contributed by atoms with E-state index >= 15 is 0 Å². The van der Waals surface area contributed by atoms with Gasteiger partial charge in [0.2, 0.25) is 0 Å². The Hall–Kier alpha value is -1.82. The third kappa shape index (κ3) is 1.67. The van der Waals surface area contributed by atoms with Gasteiger partial charge in [-0.1, -0.05) is 0 Å². The van der Waals surface area contributed by atoms with Crippen molar-refractivity contribution in [1.82, 2.24) is 4.98 Å². The molecule has 16 heavy (non-hydrogen) atoms. The van der Waals surface area contributed by atoms with Crippen LogP contribution >= 0.6 is 15.9 Å². The summed E-state index contributed by atoms with van der Waals surface area (Å²) in [5, 5.41) is 11.2. The van der Waals surface area contributed by atoms with Gasteiger partial charge < -0.3 is 0 Å². The number of hydrogen-bond donors (Lipinski definition) is 0. The molecule has 0 bridgehead atoms. The van der Waals surface area contributed by atoms with Crippen LogP contribution in [0.2, 0.25) is 0 Å². The largest absolute Gasteiger partial charge is 0.296 e. The molecule has 0 aliphatic heterocycles. The molecule has 80 valence electrons. The molecular formula is C10H5BrN2O3. The highest BCUT2D eigenvalue weighted by atomic mass is 79.9. The summed E-state index contributed by atoms with van der Waals surface area (Å²) in [6.07, 6.45) is 0.602. The number of nitrogens with zero attached hydrogens (tertiary/aromatic N) is 2. The van der Waals surface area contributed by atoms with E-state index in [1.54, 1.807) is 6.07 Å². The average molecular weight is 281 g/mol. The predicted octanol–water partition coefficient (Wildman–Crippen LogP) is 2.72. The van der Waals surface area contributed by atoms with Crippen LogP contribution in [0.25, 0.3) is 10.9 Å². The van der Waals surface area contributed by atoms with Crippen LogP contribution in [0.4, 0.5) is 5.69 Å². The minimum absolute atomic E-state index is 0.0249. The molecule has 0 saturated heterocycles. The Morgan fingerprint density at radius 1 is 1.31 bits per heavy atom. The lowest BCUT2D eigenvalue weighted by atomic mass is 10.1. The number of rotatable bonds is 2. The highest BCUT2D eigenvalue weighted by Gasteiger charge is 2.14. The van der Waals surface area contributed by atoms with Gasteiger partial charge in [0.15, 0.2) is 6.29 Å². The zero-order valence-electron chi connectivity index (χ0n) is 7.88. The smallest absolute Gasteiger partial charge is 0.278 e. The first-order chi connectivity index (χ1) is 7.63. The summed E-state index contributed by atoms with van der Waals surface area (Å²) in [6.45, 7) is 0. The summed E-state index contributed by atoms with van der Waals surface area (Å²) in [6, 6.07) is 5.92. The molecule has 0 spiro atoms. The van der Waals surface area contributed by atoms with Gasteiger partial charge in [-0.3, -0.25) is 14.9 Å². The molecule has 2 rings (SSSR count). The van der Waals surface area contributed by atoms with Gasteiger partial charge in [0.25, 0.3) is 5.69 Å². The van der Waals surface area contributed by atoms with Gasteiger partial charge >= 0.3 is 0 Å². The number of non-ortho nitro benzene ring substituents is 1. The fourth-order valence-corrected chi connectivity index (χ4v) is 1.84. The summed E-state index contributed by atoms with van der Waals surface area (Å²) in [5.74, 6) is 0. The molecule has 1 heterocycles. The van der Waals surface area contributed by atoms with E-state index in [0.29, 0.717) is 21.7 Å². The van der Waals surface area contributed by atoms with E-state index in [0.717, 1.165) is 0 Å². The Morgan fingerprint density at radius 3 is 2.69 bits per heavy atom. The van der Waals surface area contributed by atoms with Gasteiger partial charge in [-0.25, -0.2) is 4.98 Å². The van der Waals surface area contributed by atoms with Crippen molar-refractivity contribution in [2.45, 2.75) is 0 Å². The van der Waals surface area contributed by atoms with E-state index in [4.69, 9.17) is 0 Å². The van der Waals surface area contributed by atoms with E-state index in [9.17, 15) is 14.9 Å². The van der Waals surface area contributed by atoms with E-state index in [2.05, 4.69) is 20.9 Å². The van der Waals surface area contributed by atoms with Crippen LogP contribution < -0.4 is 0 Å². The zero-order valence-corrected chi connectivity index (χ0v) is 9.47. The number of fused-ring (bicyclic) bond motifs is 1. The Balaban J connectivity index is 2.85. The molecule has 6 heteroatoms. The second-order valence-corrected chi connectivity index (χ2v) is 3.93. The number of benzene rings is 1. The number of carbonyl (C=O) groups excluding carboxylic acids is 1. The first kappa shape index (κ1) is 10.7. The van der Waals surface area contributed by atoms with Crippen molar-refractivity contribution in [2.24, 2.45) is 0 Å². The summed E-state index contributed by atoms with van der Waals surface area (Å²) >= 11 is 3.24. The molecule has 0 aliphatic rings. The van der Waals surface area contributed by atoms with Crippen molar-refractivity contribution < 1.29 is 9.72 Å². The SMILES string of the molecule is O=Cc1ccc2c([N+](=O)[O-])ccc(Br)c2n1. The third-order valence-electron chi connectivity index (χ3n) is 2.12. The van der Waals surface area contributed by atoms with Crippen molar-refractivity contribution in [2.75, 3.05) is 0 Å². The highest BCUT2D eigenvalue weighted by Crippen LogP contribution is 2.29. The number of carbonyl (C=O) groups is 1. The van der Waals surface area contributed by atoms with Gasteiger partial charge in [0.1, 0.15) is 5.69 Å². The van der Waals surface area contributed by atoms with Crippen LogP contribution in [-0.4, -0.2) is 16.2 Å². The Labute approximate surface area is 98.4 Å². The molecule has 2 aromatic rings. The van der Waals surface area contributed by atoms with Crippen LogP contribution in [-0.2, 0) is 0 Å². The average Bonchev–Trinajstić information content (AvgIpc) is 2.29. The number of aldehydes is 1. The maximum atomic E-state index is 10.8. The molecule has 1 aromatic carbocycles. The first-order valence-electron chi connectivity index (χ1n) is 4.32. The molecular weight excluding hydrogens is 276 g/mol. The molecule has 0 unspecified atom stereocenters. The van der Waals surface area contributed by atoms with Gasteiger partial charge in [-0.05, 0) is 34.1 Å². The Kier molecular flexibility index (Phi) is 2.66. The number of nitro benzene ring substituents is 1. The van der Waals surface area contributed by atoms with Crippen LogP contribution in [0.5, 0.6) is 0 Å². The monoisotopic (exact) mass is 280 g/mol. The molecule has 0 amide bonds. The molecule has 0 atom stereocenters. The zero-order chi connectivity index (χ0) is 11.7. The maximum absolute atomic E-state index is 10.8. The van der Waals surface area contributed by atoms with E-state index < -0.39 is 4.92 Å². The fourth-order valence-electron chi connectivity index (χ4n) is 1.41. The quantitative estimate of drug-likeness (QED) is 0.482. The number of pyridine rings is 1. The molecule has 1 aromatic heterocycles. The lowest BCUT2D eigenvalue weighted by Crippen LogP contribution is -1.93. The Bertz CT molecular complexity index is 598. The van der Waals surface area contributed by atoms with E-state index in [1.807, 2.05) is 0 Å². The molecule has 0 radical (unpaired) electrons. The van der Waals surface area contributed by atoms with Crippen molar-refractivity contribution >= 4 is 38.8 Å². The molecule has 0 aliphatic carbocycles. The standard InChI is InChI=1S/C10H5BrN2O3/c11-8-3-4-9(13(15)16)7-2-1-6(5-14)12-10(7)8/h1-5H. The van der Waals surface area contributed by atoms with Crippen molar-refractivity contribution in [3.8, 4) is 0 Å². The van der Waals surface area contributed by atoms with E-state index in [-0.39, 0.29) is 11.4 Å². The molecule has 0 saturated carbocycles. The van der Waals surface area contributed by atoms with Crippen molar-refractivity contribution in [1.29, 1.82) is 0 Å². The number of nitro groups is 1. The fraction of sp³-hybridized carbons (Fsp3) is 0.